The molecule has 0 N–H and O–H groups in total. The molecule has 1 saturated heterocycles. The fraction of sp³-hybridized carbons (Fsp3) is 0.400. The highest BCUT2D eigenvalue weighted by Gasteiger charge is 2.38. The summed E-state index contributed by atoms with van der Waals surface area (Å²) in [5.74, 6) is 1.26. The summed E-state index contributed by atoms with van der Waals surface area (Å²) in [7, 11) is -3.91. The summed E-state index contributed by atoms with van der Waals surface area (Å²) in [5, 5.41) is 11.3. The van der Waals surface area contributed by atoms with Crippen LogP contribution in [0.5, 0.6) is 11.5 Å². The minimum atomic E-state index is -3.91. The second kappa shape index (κ2) is 7.31. The van der Waals surface area contributed by atoms with Gasteiger partial charge in [-0.3, -0.25) is 10.1 Å². The number of nitrogens with zero attached hydrogens (tertiary/aromatic N) is 2. The predicted octanol–water partition coefficient (Wildman–Crippen LogP) is 3.51. The van der Waals surface area contributed by atoms with Crippen LogP contribution in [0.1, 0.15) is 35.6 Å². The number of non-ortho nitro benzene ring substituents is 1. The molecule has 2 aromatic carbocycles. The van der Waals surface area contributed by atoms with E-state index in [1.165, 1.54) is 10.4 Å². The molecule has 0 amide bonds. The average molecular weight is 418 g/mol. The monoisotopic (exact) mass is 418 g/mol. The maximum Gasteiger partial charge on any atom is 0.271 e. The molecule has 1 fully saturated rings. The number of hydrogen-bond acceptors (Lipinski definition) is 6. The van der Waals surface area contributed by atoms with Crippen LogP contribution >= 0.6 is 0 Å². The first-order valence-corrected chi connectivity index (χ1v) is 10.9. The van der Waals surface area contributed by atoms with Crippen LogP contribution in [-0.4, -0.2) is 37.4 Å². The Bertz CT molecular complexity index is 1080. The molecule has 154 valence electrons. The van der Waals surface area contributed by atoms with Gasteiger partial charge in [0.2, 0.25) is 10.0 Å². The van der Waals surface area contributed by atoms with E-state index in [1.54, 1.807) is 19.9 Å². The fourth-order valence-electron chi connectivity index (χ4n) is 3.94. The van der Waals surface area contributed by atoms with E-state index in [2.05, 4.69) is 0 Å². The van der Waals surface area contributed by atoms with Crippen LogP contribution in [-0.2, 0) is 10.0 Å². The van der Waals surface area contributed by atoms with E-state index in [9.17, 15) is 18.5 Å². The molecule has 2 heterocycles. The summed E-state index contributed by atoms with van der Waals surface area (Å²) in [6, 6.07) is 7.70. The molecule has 8 nitrogen and oxygen atoms in total. The van der Waals surface area contributed by atoms with Crippen molar-refractivity contribution in [3.8, 4) is 11.5 Å². The molecule has 2 aromatic rings. The van der Waals surface area contributed by atoms with Gasteiger partial charge < -0.3 is 9.47 Å². The molecule has 2 aliphatic rings. The SMILES string of the molecule is Cc1cc([N+](=O)[O-])cc(S(=O)(=O)N2CCC[C@@H]2c2ccc3c(c2)OCCO3)c1C. The van der Waals surface area contributed by atoms with Crippen LogP contribution in [0.2, 0.25) is 0 Å². The molecule has 0 spiro atoms. The summed E-state index contributed by atoms with van der Waals surface area (Å²) in [5.41, 5.74) is 1.72. The lowest BCUT2D eigenvalue weighted by molar-refractivity contribution is -0.385. The summed E-state index contributed by atoms with van der Waals surface area (Å²) >= 11 is 0. The number of nitro groups is 1. The van der Waals surface area contributed by atoms with Crippen LogP contribution in [0.25, 0.3) is 0 Å². The van der Waals surface area contributed by atoms with Crippen molar-refractivity contribution in [2.75, 3.05) is 19.8 Å². The lowest BCUT2D eigenvalue weighted by Gasteiger charge is -2.27. The maximum atomic E-state index is 13.5. The van der Waals surface area contributed by atoms with Crippen LogP contribution in [0, 0.1) is 24.0 Å². The van der Waals surface area contributed by atoms with Gasteiger partial charge in [0.25, 0.3) is 5.69 Å². The molecule has 4 rings (SSSR count). The standard InChI is InChI=1S/C20H22N2O6S/c1-13-10-16(22(23)24)12-20(14(13)2)29(25,26)21-7-3-4-17(21)15-5-6-18-19(11-15)28-9-8-27-18/h5-6,10-12,17H,3-4,7-9H2,1-2H3/t17-/m1/s1. The lowest BCUT2D eigenvalue weighted by atomic mass is 10.0. The van der Waals surface area contributed by atoms with E-state index in [0.717, 1.165) is 11.6 Å². The first-order valence-electron chi connectivity index (χ1n) is 9.46. The van der Waals surface area contributed by atoms with Crippen molar-refractivity contribution in [2.24, 2.45) is 0 Å². The second-order valence-electron chi connectivity index (χ2n) is 7.32. The van der Waals surface area contributed by atoms with Crippen LogP contribution in [0.15, 0.2) is 35.2 Å². The molecule has 0 bridgehead atoms. The van der Waals surface area contributed by atoms with Gasteiger partial charge in [0.05, 0.1) is 15.9 Å². The van der Waals surface area contributed by atoms with Gasteiger partial charge in [-0.25, -0.2) is 8.42 Å². The van der Waals surface area contributed by atoms with Gasteiger partial charge in [-0.1, -0.05) is 6.07 Å². The Morgan fingerprint density at radius 1 is 1.10 bits per heavy atom. The smallest absolute Gasteiger partial charge is 0.271 e. The largest absolute Gasteiger partial charge is 0.486 e. The molecule has 29 heavy (non-hydrogen) atoms. The third kappa shape index (κ3) is 3.44. The van der Waals surface area contributed by atoms with Gasteiger partial charge in [0.1, 0.15) is 13.2 Å². The molecule has 9 heteroatoms. The second-order valence-corrected chi connectivity index (χ2v) is 9.18. The van der Waals surface area contributed by atoms with Crippen molar-refractivity contribution >= 4 is 15.7 Å². The third-order valence-electron chi connectivity index (χ3n) is 5.56. The number of ether oxygens (including phenoxy) is 2. The number of aryl methyl sites for hydroxylation is 1. The number of rotatable bonds is 4. The fourth-order valence-corrected chi connectivity index (χ4v) is 5.94. The zero-order valence-electron chi connectivity index (χ0n) is 16.3. The number of benzene rings is 2. The van der Waals surface area contributed by atoms with E-state index in [0.29, 0.717) is 55.2 Å². The minimum Gasteiger partial charge on any atom is -0.486 e. The quantitative estimate of drug-likeness (QED) is 0.557. The first-order chi connectivity index (χ1) is 13.8. The van der Waals surface area contributed by atoms with Crippen LogP contribution in [0.4, 0.5) is 5.69 Å². The Morgan fingerprint density at radius 2 is 1.83 bits per heavy atom. The molecule has 0 unspecified atom stereocenters. The molecule has 0 radical (unpaired) electrons. The van der Waals surface area contributed by atoms with Crippen LogP contribution in [0.3, 0.4) is 0 Å². The van der Waals surface area contributed by atoms with Gasteiger partial charge in [-0.05, 0) is 55.5 Å². The molecule has 0 saturated carbocycles. The highest BCUT2D eigenvalue weighted by Crippen LogP contribution is 2.41. The van der Waals surface area contributed by atoms with Crippen molar-refractivity contribution in [3.63, 3.8) is 0 Å². The van der Waals surface area contributed by atoms with Gasteiger partial charge in [-0.15, -0.1) is 0 Å². The van der Waals surface area contributed by atoms with Gasteiger partial charge in [0.15, 0.2) is 11.5 Å². The molecular weight excluding hydrogens is 396 g/mol. The van der Waals surface area contributed by atoms with E-state index in [-0.39, 0.29) is 16.6 Å². The van der Waals surface area contributed by atoms with Crippen LogP contribution < -0.4 is 9.47 Å². The number of hydrogen-bond donors (Lipinski definition) is 0. The number of nitro benzene ring substituents is 1. The van der Waals surface area contributed by atoms with Crippen molar-refractivity contribution in [3.05, 3.63) is 57.1 Å². The number of sulfonamides is 1. The Balaban J connectivity index is 1.75. The highest BCUT2D eigenvalue weighted by molar-refractivity contribution is 7.89. The normalized spacial score (nSPS) is 19.3. The predicted molar refractivity (Wildman–Crippen MR) is 106 cm³/mol. The van der Waals surface area contributed by atoms with Crippen molar-refractivity contribution in [1.29, 1.82) is 0 Å². The first kappa shape index (κ1) is 19.7. The summed E-state index contributed by atoms with van der Waals surface area (Å²) in [6.07, 6.45) is 1.39. The Labute approximate surface area is 169 Å². The molecule has 0 aliphatic carbocycles. The Hall–Kier alpha value is -2.65. The summed E-state index contributed by atoms with van der Waals surface area (Å²) in [4.78, 5) is 10.7. The Morgan fingerprint density at radius 3 is 2.55 bits per heavy atom. The van der Waals surface area contributed by atoms with E-state index in [1.807, 2.05) is 12.1 Å². The lowest BCUT2D eigenvalue weighted by Crippen LogP contribution is -2.31. The topological polar surface area (TPSA) is 99.0 Å². The molecule has 2 aliphatic heterocycles. The summed E-state index contributed by atoms with van der Waals surface area (Å²) < 4.78 is 39.6. The van der Waals surface area contributed by atoms with Gasteiger partial charge in [0, 0.05) is 18.7 Å². The van der Waals surface area contributed by atoms with Crippen molar-refractivity contribution in [1.82, 2.24) is 4.31 Å². The average Bonchev–Trinajstić information content (AvgIpc) is 3.20. The Kier molecular flexibility index (Phi) is 4.95. The van der Waals surface area contributed by atoms with Gasteiger partial charge >= 0.3 is 0 Å². The zero-order valence-corrected chi connectivity index (χ0v) is 17.1. The van der Waals surface area contributed by atoms with E-state index < -0.39 is 14.9 Å². The van der Waals surface area contributed by atoms with E-state index >= 15 is 0 Å². The molecular formula is C20H22N2O6S. The molecule has 0 aromatic heterocycles. The van der Waals surface area contributed by atoms with Crippen molar-refractivity contribution < 1.29 is 22.8 Å². The summed E-state index contributed by atoms with van der Waals surface area (Å²) in [6.45, 7) is 4.67. The zero-order chi connectivity index (χ0) is 20.8. The third-order valence-corrected chi connectivity index (χ3v) is 7.59. The highest BCUT2D eigenvalue weighted by atomic mass is 32.2. The van der Waals surface area contributed by atoms with E-state index in [4.69, 9.17) is 9.47 Å². The minimum absolute atomic E-state index is 0.00589. The van der Waals surface area contributed by atoms with Crippen molar-refractivity contribution in [2.45, 2.75) is 37.6 Å². The number of fused-ring (bicyclic) bond motifs is 1. The molecule has 1 atom stereocenters. The maximum absolute atomic E-state index is 13.5. The van der Waals surface area contributed by atoms with Gasteiger partial charge in [-0.2, -0.15) is 4.31 Å².